The van der Waals surface area contributed by atoms with E-state index >= 15 is 0 Å². The number of amides is 1. The third-order valence-corrected chi connectivity index (χ3v) is 5.37. The number of hydrogen-bond donors (Lipinski definition) is 1. The quantitative estimate of drug-likeness (QED) is 0.864. The molecule has 0 radical (unpaired) electrons. The number of nitrogens with two attached hydrogens (primary N) is 1. The lowest BCUT2D eigenvalue weighted by atomic mass is 10.1. The van der Waals surface area contributed by atoms with Gasteiger partial charge in [-0.25, -0.2) is 4.39 Å². The molecule has 1 aromatic heterocycles. The summed E-state index contributed by atoms with van der Waals surface area (Å²) in [5, 5.41) is 0.644. The van der Waals surface area contributed by atoms with E-state index in [1.807, 2.05) is 4.90 Å². The van der Waals surface area contributed by atoms with E-state index in [1.165, 1.54) is 29.9 Å². The summed E-state index contributed by atoms with van der Waals surface area (Å²) in [5.74, 6) is -0.336. The van der Waals surface area contributed by atoms with Gasteiger partial charge in [0.2, 0.25) is 0 Å². The molecule has 2 heterocycles. The number of thiophene rings is 1. The van der Waals surface area contributed by atoms with E-state index in [2.05, 4.69) is 6.92 Å². The van der Waals surface area contributed by atoms with Gasteiger partial charge in [-0.15, -0.1) is 11.3 Å². The highest BCUT2D eigenvalue weighted by Gasteiger charge is 2.26. The lowest BCUT2D eigenvalue weighted by molar-refractivity contribution is 0.0704. The molecule has 5 heteroatoms. The van der Waals surface area contributed by atoms with Gasteiger partial charge < -0.3 is 10.6 Å². The highest BCUT2D eigenvalue weighted by Crippen LogP contribution is 2.35. The van der Waals surface area contributed by atoms with Crippen LogP contribution in [0.25, 0.3) is 10.1 Å². The second kappa shape index (κ2) is 5.64. The molecule has 1 atom stereocenters. The van der Waals surface area contributed by atoms with Crippen LogP contribution in [0.15, 0.2) is 18.2 Å². The number of likely N-dealkylation sites (tertiary alicyclic amines) is 1. The Morgan fingerprint density at radius 1 is 1.38 bits per heavy atom. The fourth-order valence-electron chi connectivity index (χ4n) is 2.95. The van der Waals surface area contributed by atoms with Crippen LogP contribution in [-0.4, -0.2) is 23.4 Å². The molecular weight excluding hydrogens is 287 g/mol. The second-order valence-electron chi connectivity index (χ2n) is 5.68. The summed E-state index contributed by atoms with van der Waals surface area (Å²) in [5.41, 5.74) is 6.51. The molecule has 0 saturated carbocycles. The lowest BCUT2D eigenvalue weighted by Crippen LogP contribution is -2.38. The molecule has 1 fully saturated rings. The number of benzene rings is 1. The van der Waals surface area contributed by atoms with Crippen LogP contribution < -0.4 is 5.73 Å². The molecule has 1 aliphatic heterocycles. The minimum Gasteiger partial charge on any atom is -0.397 e. The topological polar surface area (TPSA) is 46.3 Å². The third kappa shape index (κ3) is 2.62. The van der Waals surface area contributed by atoms with Gasteiger partial charge in [-0.3, -0.25) is 4.79 Å². The van der Waals surface area contributed by atoms with Crippen LogP contribution in [0.1, 0.15) is 42.3 Å². The molecule has 1 unspecified atom stereocenters. The van der Waals surface area contributed by atoms with E-state index in [9.17, 15) is 9.18 Å². The van der Waals surface area contributed by atoms with Crippen molar-refractivity contribution in [2.75, 3.05) is 12.3 Å². The average Bonchev–Trinajstić information content (AvgIpc) is 2.64. The Kier molecular flexibility index (Phi) is 3.85. The first-order valence-electron chi connectivity index (χ1n) is 7.36. The number of nitrogens with zero attached hydrogens (tertiary/aromatic N) is 1. The van der Waals surface area contributed by atoms with E-state index in [1.54, 1.807) is 6.07 Å². The normalized spacial score (nSPS) is 19.7. The zero-order valence-corrected chi connectivity index (χ0v) is 12.9. The molecule has 1 aromatic carbocycles. The van der Waals surface area contributed by atoms with Crippen LogP contribution in [0.2, 0.25) is 0 Å². The summed E-state index contributed by atoms with van der Waals surface area (Å²) in [6.45, 7) is 2.87. The first-order chi connectivity index (χ1) is 10.1. The Balaban J connectivity index is 1.99. The molecular formula is C16H19FN2OS. The van der Waals surface area contributed by atoms with Crippen molar-refractivity contribution in [2.45, 2.75) is 38.6 Å². The molecule has 0 spiro atoms. The van der Waals surface area contributed by atoms with Gasteiger partial charge in [-0.1, -0.05) is 12.8 Å². The number of hydrogen-bond acceptors (Lipinski definition) is 3. The highest BCUT2D eigenvalue weighted by molar-refractivity contribution is 7.21. The Morgan fingerprint density at radius 3 is 3.00 bits per heavy atom. The van der Waals surface area contributed by atoms with Gasteiger partial charge in [-0.05, 0) is 38.0 Å². The van der Waals surface area contributed by atoms with Crippen LogP contribution >= 0.6 is 11.3 Å². The van der Waals surface area contributed by atoms with E-state index < -0.39 is 0 Å². The molecule has 1 aliphatic rings. The molecule has 3 nitrogen and oxygen atoms in total. The maximum atomic E-state index is 13.4. The summed E-state index contributed by atoms with van der Waals surface area (Å²) >= 11 is 1.36. The zero-order valence-electron chi connectivity index (χ0n) is 12.1. The van der Waals surface area contributed by atoms with Crippen molar-refractivity contribution in [1.29, 1.82) is 0 Å². The minimum atomic E-state index is -0.325. The van der Waals surface area contributed by atoms with Crippen molar-refractivity contribution < 1.29 is 9.18 Å². The minimum absolute atomic E-state index is 0.0106. The van der Waals surface area contributed by atoms with Crippen LogP contribution in [0, 0.1) is 5.82 Å². The number of halogens is 1. The summed E-state index contributed by atoms with van der Waals surface area (Å²) in [6, 6.07) is 4.74. The zero-order chi connectivity index (χ0) is 15.0. The predicted molar refractivity (Wildman–Crippen MR) is 85.2 cm³/mol. The highest BCUT2D eigenvalue weighted by atomic mass is 32.1. The van der Waals surface area contributed by atoms with Crippen molar-refractivity contribution in [3.63, 3.8) is 0 Å². The molecule has 112 valence electrons. The third-order valence-electron chi connectivity index (χ3n) is 4.20. The Bertz CT molecular complexity index is 682. The van der Waals surface area contributed by atoms with Gasteiger partial charge in [-0.2, -0.15) is 0 Å². The smallest absolute Gasteiger partial charge is 0.266 e. The summed E-state index contributed by atoms with van der Waals surface area (Å²) in [6.07, 6.45) is 4.40. The maximum absolute atomic E-state index is 13.4. The molecule has 0 aliphatic carbocycles. The van der Waals surface area contributed by atoms with E-state index in [0.717, 1.165) is 30.5 Å². The predicted octanol–water partition coefficient (Wildman–Crippen LogP) is 4.03. The molecule has 3 rings (SSSR count). The van der Waals surface area contributed by atoms with Crippen molar-refractivity contribution in [3.8, 4) is 0 Å². The van der Waals surface area contributed by atoms with Crippen LogP contribution in [-0.2, 0) is 0 Å². The molecule has 21 heavy (non-hydrogen) atoms. The summed E-state index contributed by atoms with van der Waals surface area (Å²) in [7, 11) is 0. The summed E-state index contributed by atoms with van der Waals surface area (Å²) < 4.78 is 14.2. The maximum Gasteiger partial charge on any atom is 0.266 e. The number of fused-ring (bicyclic) bond motifs is 1. The van der Waals surface area contributed by atoms with Crippen LogP contribution in [0.4, 0.5) is 10.1 Å². The standard InChI is InChI=1S/C16H19FN2OS/c1-10-5-3-2-4-8-19(10)16(20)15-14(18)12-9-11(17)6-7-13(12)21-15/h6-7,9-10H,2-5,8,18H2,1H3. The van der Waals surface area contributed by atoms with Gasteiger partial charge in [0.1, 0.15) is 10.7 Å². The first-order valence-corrected chi connectivity index (χ1v) is 8.18. The van der Waals surface area contributed by atoms with Gasteiger partial charge >= 0.3 is 0 Å². The van der Waals surface area contributed by atoms with Gasteiger partial charge in [0, 0.05) is 22.7 Å². The SMILES string of the molecule is CC1CCCCCN1C(=O)c1sc2ccc(F)cc2c1N. The van der Waals surface area contributed by atoms with Crippen LogP contribution in [0.3, 0.4) is 0 Å². The Morgan fingerprint density at radius 2 is 2.19 bits per heavy atom. The monoisotopic (exact) mass is 306 g/mol. The largest absolute Gasteiger partial charge is 0.397 e. The van der Waals surface area contributed by atoms with Crippen molar-refractivity contribution in [1.82, 2.24) is 4.90 Å². The lowest BCUT2D eigenvalue weighted by Gasteiger charge is -2.26. The average molecular weight is 306 g/mol. The molecule has 1 saturated heterocycles. The van der Waals surface area contributed by atoms with E-state index in [-0.39, 0.29) is 17.8 Å². The number of carbonyl (C=O) groups excluding carboxylic acids is 1. The number of nitrogen functional groups attached to an aromatic ring is 1. The molecule has 2 aromatic rings. The van der Waals surface area contributed by atoms with Crippen molar-refractivity contribution >= 4 is 33.0 Å². The fraction of sp³-hybridized carbons (Fsp3) is 0.438. The molecule has 0 bridgehead atoms. The van der Waals surface area contributed by atoms with Crippen molar-refractivity contribution in [2.24, 2.45) is 0 Å². The summed E-state index contributed by atoms with van der Waals surface area (Å²) in [4.78, 5) is 15.3. The van der Waals surface area contributed by atoms with E-state index in [4.69, 9.17) is 5.73 Å². The first kappa shape index (κ1) is 14.3. The van der Waals surface area contributed by atoms with Gasteiger partial charge in [0.15, 0.2) is 0 Å². The van der Waals surface area contributed by atoms with E-state index in [0.29, 0.717) is 16.0 Å². The molecule has 1 amide bonds. The van der Waals surface area contributed by atoms with Crippen molar-refractivity contribution in [3.05, 3.63) is 28.9 Å². The number of rotatable bonds is 1. The Hall–Kier alpha value is -1.62. The number of anilines is 1. The van der Waals surface area contributed by atoms with Crippen LogP contribution in [0.5, 0.6) is 0 Å². The van der Waals surface area contributed by atoms with Gasteiger partial charge in [0.25, 0.3) is 5.91 Å². The molecule has 2 N–H and O–H groups in total. The Labute approximate surface area is 127 Å². The van der Waals surface area contributed by atoms with Gasteiger partial charge in [0.05, 0.1) is 5.69 Å². The number of carbonyl (C=O) groups is 1. The fourth-order valence-corrected chi connectivity index (χ4v) is 4.01. The second-order valence-corrected chi connectivity index (χ2v) is 6.73.